The number of likely N-dealkylation sites (N-methyl/N-ethyl adjacent to an activating group) is 1. The van der Waals surface area contributed by atoms with E-state index in [4.69, 9.17) is 4.42 Å². The van der Waals surface area contributed by atoms with Crippen LogP contribution in [0.3, 0.4) is 0 Å². The zero-order chi connectivity index (χ0) is 22.7. The van der Waals surface area contributed by atoms with Crippen LogP contribution >= 0.6 is 15.9 Å². The average Bonchev–Trinajstić information content (AvgIpc) is 3.33. The second-order valence-corrected chi connectivity index (χ2v) is 8.48. The minimum atomic E-state index is -0.733. The molecule has 1 unspecified atom stereocenters. The second-order valence-electron chi connectivity index (χ2n) is 7.62. The fourth-order valence-corrected chi connectivity index (χ4v) is 4.18. The number of furan rings is 1. The van der Waals surface area contributed by atoms with Gasteiger partial charge in [-0.3, -0.25) is 14.4 Å². The smallest absolute Gasteiger partial charge is 0.290 e. The van der Waals surface area contributed by atoms with Gasteiger partial charge in [0, 0.05) is 24.5 Å². The summed E-state index contributed by atoms with van der Waals surface area (Å²) >= 11 is 3.39. The first-order valence-corrected chi connectivity index (χ1v) is 10.9. The number of para-hydroxylation sites is 1. The number of nitrogens with one attached hydrogen (secondary N) is 1. The van der Waals surface area contributed by atoms with E-state index in [1.165, 1.54) is 16.1 Å². The molecule has 0 radical (unpaired) electrons. The van der Waals surface area contributed by atoms with Crippen LogP contribution in [0.15, 0.2) is 75.8 Å². The quantitative estimate of drug-likeness (QED) is 0.584. The molecule has 0 saturated heterocycles. The molecule has 3 amide bonds. The number of carbonyl (C=O) groups is 3. The number of benzene rings is 2. The topological polar surface area (TPSA) is 82.9 Å². The molecular formula is C24H22BrN3O4. The number of anilines is 1. The molecule has 0 saturated carbocycles. The molecule has 0 fully saturated rings. The Morgan fingerprint density at radius 1 is 1.06 bits per heavy atom. The summed E-state index contributed by atoms with van der Waals surface area (Å²) in [6, 6.07) is 17.5. The summed E-state index contributed by atoms with van der Waals surface area (Å²) < 4.78 is 6.03. The van der Waals surface area contributed by atoms with E-state index in [2.05, 4.69) is 21.2 Å². The number of carbonyl (C=O) groups excluding carboxylic acids is 3. The third kappa shape index (κ3) is 4.60. The van der Waals surface area contributed by atoms with Crippen LogP contribution in [-0.4, -0.2) is 47.2 Å². The highest BCUT2D eigenvalue weighted by Crippen LogP contribution is 2.26. The average molecular weight is 496 g/mol. The Morgan fingerprint density at radius 2 is 1.78 bits per heavy atom. The van der Waals surface area contributed by atoms with E-state index in [-0.39, 0.29) is 30.0 Å². The number of fused-ring (bicyclic) bond motifs is 1. The van der Waals surface area contributed by atoms with Crippen molar-refractivity contribution in [2.45, 2.75) is 19.0 Å². The zero-order valence-corrected chi connectivity index (χ0v) is 19.0. The van der Waals surface area contributed by atoms with Gasteiger partial charge in [-0.2, -0.15) is 0 Å². The van der Waals surface area contributed by atoms with Crippen LogP contribution in [-0.2, 0) is 22.6 Å². The molecule has 0 bridgehead atoms. The molecule has 1 aromatic heterocycles. The molecule has 164 valence electrons. The highest BCUT2D eigenvalue weighted by molar-refractivity contribution is 9.10. The predicted octanol–water partition coefficient (Wildman–Crippen LogP) is 3.71. The standard InChI is InChI=1S/C24H22BrN3O4/c1-27(15-22(29)26-19-10-5-4-9-18(19)25)23(30)20-13-16-7-2-3-8-17(16)14-28(20)24(31)21-11-6-12-32-21/h2-12,20H,13-15H2,1H3,(H,26,29). The van der Waals surface area contributed by atoms with E-state index >= 15 is 0 Å². The Morgan fingerprint density at radius 3 is 2.50 bits per heavy atom. The SMILES string of the molecule is CN(CC(=O)Nc1ccccc1Br)C(=O)C1Cc2ccccc2CN1C(=O)c1ccco1. The number of hydrogen-bond donors (Lipinski definition) is 1. The van der Waals surface area contributed by atoms with Crippen LogP contribution in [0, 0.1) is 0 Å². The number of amides is 3. The van der Waals surface area contributed by atoms with Crippen molar-refractivity contribution in [3.63, 3.8) is 0 Å². The molecule has 1 atom stereocenters. The van der Waals surface area contributed by atoms with Gasteiger partial charge in [0.1, 0.15) is 6.04 Å². The molecule has 1 aliphatic rings. The third-order valence-corrected chi connectivity index (χ3v) is 6.12. The van der Waals surface area contributed by atoms with Crippen molar-refractivity contribution in [3.8, 4) is 0 Å². The first kappa shape index (κ1) is 21.8. The van der Waals surface area contributed by atoms with Gasteiger partial charge in [-0.15, -0.1) is 0 Å². The number of halogens is 1. The van der Waals surface area contributed by atoms with Crippen LogP contribution in [0.5, 0.6) is 0 Å². The summed E-state index contributed by atoms with van der Waals surface area (Å²) in [6.45, 7) is 0.157. The highest BCUT2D eigenvalue weighted by atomic mass is 79.9. The summed E-state index contributed by atoms with van der Waals surface area (Å²) in [6.07, 6.45) is 1.80. The van der Waals surface area contributed by atoms with E-state index < -0.39 is 6.04 Å². The van der Waals surface area contributed by atoms with Gasteiger partial charge >= 0.3 is 0 Å². The molecule has 0 aliphatic carbocycles. The molecule has 4 rings (SSSR count). The van der Waals surface area contributed by atoms with Gasteiger partial charge in [-0.05, 0) is 51.3 Å². The Hall–Kier alpha value is -3.39. The molecule has 8 heteroatoms. The number of nitrogens with zero attached hydrogens (tertiary/aromatic N) is 2. The van der Waals surface area contributed by atoms with E-state index in [1.54, 1.807) is 25.2 Å². The van der Waals surface area contributed by atoms with E-state index in [0.29, 0.717) is 18.7 Å². The minimum Gasteiger partial charge on any atom is -0.459 e. The first-order valence-electron chi connectivity index (χ1n) is 10.1. The van der Waals surface area contributed by atoms with Crippen LogP contribution in [0.25, 0.3) is 0 Å². The van der Waals surface area contributed by atoms with Gasteiger partial charge in [-0.1, -0.05) is 36.4 Å². The fraction of sp³-hybridized carbons (Fsp3) is 0.208. The summed E-state index contributed by atoms with van der Waals surface area (Å²) in [5.41, 5.74) is 2.63. The normalized spacial score (nSPS) is 15.1. The van der Waals surface area contributed by atoms with Gasteiger partial charge in [0.25, 0.3) is 5.91 Å². The highest BCUT2D eigenvalue weighted by Gasteiger charge is 2.37. The van der Waals surface area contributed by atoms with E-state index in [1.807, 2.05) is 42.5 Å². The molecule has 32 heavy (non-hydrogen) atoms. The molecule has 7 nitrogen and oxygen atoms in total. The third-order valence-electron chi connectivity index (χ3n) is 5.43. The largest absolute Gasteiger partial charge is 0.459 e. The number of rotatable bonds is 5. The minimum absolute atomic E-state index is 0.138. The van der Waals surface area contributed by atoms with Gasteiger partial charge in [-0.25, -0.2) is 0 Å². The van der Waals surface area contributed by atoms with Crippen molar-refractivity contribution < 1.29 is 18.8 Å². The fourth-order valence-electron chi connectivity index (χ4n) is 3.80. The van der Waals surface area contributed by atoms with Crippen molar-refractivity contribution in [2.24, 2.45) is 0 Å². The maximum Gasteiger partial charge on any atom is 0.290 e. The van der Waals surface area contributed by atoms with Crippen LogP contribution in [0.2, 0.25) is 0 Å². The molecule has 2 heterocycles. The summed E-state index contributed by atoms with van der Waals surface area (Å²) in [5, 5.41) is 2.80. The van der Waals surface area contributed by atoms with Crippen molar-refractivity contribution in [2.75, 3.05) is 18.9 Å². The van der Waals surface area contributed by atoms with Gasteiger partial charge in [0.05, 0.1) is 18.5 Å². The van der Waals surface area contributed by atoms with Crippen molar-refractivity contribution in [3.05, 3.63) is 88.3 Å². The maximum absolute atomic E-state index is 13.4. The lowest BCUT2D eigenvalue weighted by Gasteiger charge is -2.37. The maximum atomic E-state index is 13.4. The Labute approximate surface area is 194 Å². The Balaban J connectivity index is 1.52. The van der Waals surface area contributed by atoms with Crippen LogP contribution < -0.4 is 5.32 Å². The lowest BCUT2D eigenvalue weighted by molar-refractivity contribution is -0.137. The Bertz CT molecular complexity index is 1150. The van der Waals surface area contributed by atoms with Crippen molar-refractivity contribution in [1.82, 2.24) is 9.80 Å². The van der Waals surface area contributed by atoms with E-state index in [9.17, 15) is 14.4 Å². The van der Waals surface area contributed by atoms with Crippen LogP contribution in [0.1, 0.15) is 21.7 Å². The summed E-state index contributed by atoms with van der Waals surface area (Å²) in [5.74, 6) is -0.806. The molecule has 1 aliphatic heterocycles. The van der Waals surface area contributed by atoms with Gasteiger partial charge in [0.2, 0.25) is 11.8 Å². The predicted molar refractivity (Wildman–Crippen MR) is 123 cm³/mol. The molecular weight excluding hydrogens is 474 g/mol. The lowest BCUT2D eigenvalue weighted by atomic mass is 9.93. The zero-order valence-electron chi connectivity index (χ0n) is 17.5. The van der Waals surface area contributed by atoms with Gasteiger partial charge < -0.3 is 19.5 Å². The molecule has 0 spiro atoms. The first-order chi connectivity index (χ1) is 15.4. The Kier molecular flexibility index (Phi) is 6.41. The second kappa shape index (κ2) is 9.40. The van der Waals surface area contributed by atoms with E-state index in [0.717, 1.165) is 15.6 Å². The summed E-state index contributed by atoms with van der Waals surface area (Å²) in [4.78, 5) is 41.9. The molecule has 1 N–H and O–H groups in total. The molecule has 2 aromatic carbocycles. The van der Waals surface area contributed by atoms with Crippen LogP contribution in [0.4, 0.5) is 5.69 Å². The number of hydrogen-bond acceptors (Lipinski definition) is 4. The van der Waals surface area contributed by atoms with Gasteiger partial charge in [0.15, 0.2) is 5.76 Å². The van der Waals surface area contributed by atoms with Crippen molar-refractivity contribution in [1.29, 1.82) is 0 Å². The van der Waals surface area contributed by atoms with Crippen molar-refractivity contribution >= 4 is 39.3 Å². The summed E-state index contributed by atoms with van der Waals surface area (Å²) in [7, 11) is 1.57. The monoisotopic (exact) mass is 495 g/mol. The molecule has 3 aromatic rings. The lowest BCUT2D eigenvalue weighted by Crippen LogP contribution is -2.53.